The third-order valence-electron chi connectivity index (χ3n) is 11.9. The van der Waals surface area contributed by atoms with Crippen LogP contribution in [0.15, 0.2) is 30.3 Å². The Morgan fingerprint density at radius 3 is 2.23 bits per heavy atom. The molecule has 15 atom stereocenters. The number of imide groups is 1. The molecular formula is C31H38N2O7. The lowest BCUT2D eigenvalue weighted by molar-refractivity contribution is -0.165. The first-order valence-electron chi connectivity index (χ1n) is 15.1. The molecule has 8 rings (SSSR count). The number of nitrogens with zero attached hydrogens (tertiary/aromatic N) is 1. The van der Waals surface area contributed by atoms with Gasteiger partial charge in [0.2, 0.25) is 11.8 Å². The van der Waals surface area contributed by atoms with Crippen LogP contribution in [0.5, 0.6) is 0 Å². The highest BCUT2D eigenvalue weighted by Gasteiger charge is 2.75. The average molecular weight is 553 g/mol. The van der Waals surface area contributed by atoms with Gasteiger partial charge in [0.15, 0.2) is 0 Å². The minimum atomic E-state index is -0.947. The number of hydrogen-bond donors (Lipinski definition) is 2. The summed E-state index contributed by atoms with van der Waals surface area (Å²) in [6.45, 7) is 4.01. The first-order valence-corrected chi connectivity index (χ1v) is 14.5. The Labute approximate surface area is 235 Å². The minimum Gasteiger partial charge on any atom is -0.481 e. The van der Waals surface area contributed by atoms with Gasteiger partial charge in [0.25, 0.3) is 0 Å². The number of carbonyl (C=O) groups excluding carboxylic acids is 3. The van der Waals surface area contributed by atoms with E-state index in [1.807, 2.05) is 6.07 Å². The van der Waals surface area contributed by atoms with Crippen molar-refractivity contribution in [2.24, 2.45) is 82.9 Å². The van der Waals surface area contributed by atoms with E-state index in [9.17, 15) is 24.3 Å². The number of benzene rings is 1. The van der Waals surface area contributed by atoms with Gasteiger partial charge < -0.3 is 9.84 Å². The highest BCUT2D eigenvalue weighted by Crippen LogP contribution is 2.78. The lowest BCUT2D eigenvalue weighted by atomic mass is 9.60. The van der Waals surface area contributed by atoms with Crippen LogP contribution in [0, 0.1) is 93.4 Å². The Balaban J connectivity index is 0.00000148. The number of fused-ring (bicyclic) bond motifs is 2. The molecule has 7 fully saturated rings. The minimum absolute atomic E-state index is 0.0295. The number of rotatable bonds is 7. The topological polar surface area (TPSA) is 142 Å². The largest absolute Gasteiger partial charge is 0.481 e. The molecule has 1 aliphatic heterocycles. The molecule has 9 heteroatoms. The second-order valence-corrected chi connectivity index (χ2v) is 13.0. The fourth-order valence-corrected chi connectivity index (χ4v) is 10.7. The number of carboxylic acid groups (broad SMARTS) is 1. The van der Waals surface area contributed by atoms with Gasteiger partial charge in [-0.25, -0.2) is 0 Å². The van der Waals surface area contributed by atoms with Crippen LogP contribution in [0.1, 0.15) is 40.9 Å². The van der Waals surface area contributed by atoms with E-state index in [4.69, 9.17) is 11.0 Å². The quantitative estimate of drug-likeness (QED) is 0.289. The molecule has 1 heterocycles. The summed E-state index contributed by atoms with van der Waals surface area (Å²) in [5.74, 6) is -3.77. The average Bonchev–Trinajstić information content (AvgIpc) is 3.47. The summed E-state index contributed by atoms with van der Waals surface area (Å²) < 4.78 is 14.2. The summed E-state index contributed by atoms with van der Waals surface area (Å²) in [7, 11) is 1.32. The van der Waals surface area contributed by atoms with Gasteiger partial charge in [-0.05, 0) is 97.0 Å². The van der Waals surface area contributed by atoms with Crippen molar-refractivity contribution in [2.45, 2.75) is 39.5 Å². The van der Waals surface area contributed by atoms with Crippen molar-refractivity contribution in [1.82, 2.24) is 0 Å². The normalized spacial score (nSPS) is 45.5. The van der Waals surface area contributed by atoms with Gasteiger partial charge in [-0.2, -0.15) is 4.91 Å². The maximum absolute atomic E-state index is 14.0. The fourth-order valence-electron chi connectivity index (χ4n) is 10.7. The summed E-state index contributed by atoms with van der Waals surface area (Å²) in [6.07, 6.45) is 1.95. The number of aliphatic carboxylic acids is 1. The van der Waals surface area contributed by atoms with Gasteiger partial charge in [0.1, 0.15) is 0 Å². The molecule has 0 radical (unpaired) electrons. The van der Waals surface area contributed by atoms with Gasteiger partial charge in [-0.15, -0.1) is 0 Å². The smallest absolute Gasteiger partial charge is 0.309 e. The van der Waals surface area contributed by atoms with Crippen molar-refractivity contribution in [3.8, 4) is 0 Å². The summed E-state index contributed by atoms with van der Waals surface area (Å²) in [5.41, 5.74) is 5.02. The van der Waals surface area contributed by atoms with E-state index in [0.29, 0.717) is 48.1 Å². The Morgan fingerprint density at radius 1 is 0.975 bits per heavy atom. The molecule has 40 heavy (non-hydrogen) atoms. The van der Waals surface area contributed by atoms with Gasteiger partial charge in [-0.1, -0.05) is 37.6 Å². The number of esters is 1. The number of methoxy groups -OCH3 is 1. The molecule has 0 aromatic heterocycles. The number of hydrogen-bond acceptors (Lipinski definition) is 7. The highest BCUT2D eigenvalue weighted by molar-refractivity contribution is 6.22. The molecule has 1 saturated heterocycles. The number of para-hydroxylation sites is 1. The molecule has 7 aliphatic rings. The molecule has 214 valence electrons. The lowest BCUT2D eigenvalue weighted by Gasteiger charge is -2.42. The van der Waals surface area contributed by atoms with E-state index >= 15 is 0 Å². The number of nitroso groups, excluding NO2 is 1. The molecule has 1 aromatic rings. The zero-order valence-electron chi connectivity index (χ0n) is 24.0. The van der Waals surface area contributed by atoms with Crippen LogP contribution in [0.3, 0.4) is 0 Å². The first kappa shape index (κ1) is 25.8. The van der Waals surface area contributed by atoms with Crippen LogP contribution >= 0.6 is 0 Å². The van der Waals surface area contributed by atoms with E-state index in [1.165, 1.54) is 12.0 Å². The predicted molar refractivity (Wildman–Crippen MR) is 143 cm³/mol. The Kier molecular flexibility index (Phi) is 6.31. The van der Waals surface area contributed by atoms with Crippen molar-refractivity contribution in [3.63, 3.8) is 0 Å². The summed E-state index contributed by atoms with van der Waals surface area (Å²) in [6, 6.07) is 8.90. The molecule has 9 nitrogen and oxygen atoms in total. The van der Waals surface area contributed by atoms with E-state index in [-0.39, 0.29) is 36.0 Å². The van der Waals surface area contributed by atoms with Crippen molar-refractivity contribution < 1.29 is 30.4 Å². The zero-order chi connectivity index (χ0) is 29.5. The van der Waals surface area contributed by atoms with Crippen LogP contribution in [0.2, 0.25) is 0 Å². The third-order valence-corrected chi connectivity index (χ3v) is 11.9. The first-order chi connectivity index (χ1) is 19.7. The van der Waals surface area contributed by atoms with Crippen LogP contribution in [-0.4, -0.2) is 36.0 Å². The third kappa shape index (κ3) is 3.58. The van der Waals surface area contributed by atoms with Gasteiger partial charge in [0.05, 0.1) is 30.6 Å². The zero-order valence-corrected chi connectivity index (χ0v) is 23.0. The standard InChI is InChI=1S/C31H37NO6.HNO/c1-13-18-12-19-20(13)25(19)24(18)26(30(35)36)27(31(37)38-3)23-16-10-9-15(11-16)22(23)21-14(2)28(33)32(29(21)34)17-7-5-4-6-8-17;1-2/h4-8,13-16,18-27H,9-12H2,1-3H3,(H,35,36);1H/i9T;. The molecule has 6 aliphatic carbocycles. The Bertz CT molecular complexity index is 1260. The van der Waals surface area contributed by atoms with E-state index < -0.39 is 47.4 Å². The maximum Gasteiger partial charge on any atom is 0.309 e. The number of nitrogens with one attached hydrogen (secondary N) is 1. The van der Waals surface area contributed by atoms with E-state index in [1.54, 1.807) is 31.2 Å². The highest BCUT2D eigenvalue weighted by atomic mass is 16.5. The molecule has 0 spiro atoms. The van der Waals surface area contributed by atoms with E-state index in [2.05, 4.69) is 12.5 Å². The van der Waals surface area contributed by atoms with Crippen molar-refractivity contribution in [1.29, 1.82) is 5.59 Å². The summed E-state index contributed by atoms with van der Waals surface area (Å²) in [5, 5.41) is 10.7. The molecule has 6 bridgehead atoms. The monoisotopic (exact) mass is 552 g/mol. The van der Waals surface area contributed by atoms with Crippen molar-refractivity contribution >= 4 is 29.4 Å². The van der Waals surface area contributed by atoms with Gasteiger partial charge >= 0.3 is 11.9 Å². The SMILES string of the molecule is N=O.[3H]C1CC2CC1C(C1C(=O)N(c3ccccc3)C(=O)C1C)C2C(C(=O)OC)C(C(=O)O)C1C2CC3C(C2C)C31. The molecule has 2 amide bonds. The van der Waals surface area contributed by atoms with E-state index in [0.717, 1.165) is 6.42 Å². The van der Waals surface area contributed by atoms with Gasteiger partial charge in [0, 0.05) is 7.29 Å². The number of carboxylic acids is 1. The van der Waals surface area contributed by atoms with Crippen LogP contribution in [0.25, 0.3) is 0 Å². The number of ether oxygens (including phenoxy) is 1. The molecule has 15 unspecified atom stereocenters. The predicted octanol–water partition coefficient (Wildman–Crippen LogP) is 4.44. The number of amides is 2. The maximum atomic E-state index is 14.0. The van der Waals surface area contributed by atoms with Gasteiger partial charge in [-0.3, -0.25) is 24.1 Å². The molecule has 6 saturated carbocycles. The second-order valence-electron chi connectivity index (χ2n) is 13.0. The van der Waals surface area contributed by atoms with Crippen LogP contribution < -0.4 is 4.90 Å². The second kappa shape index (κ2) is 9.77. The molecular weight excluding hydrogens is 512 g/mol. The number of anilines is 1. The summed E-state index contributed by atoms with van der Waals surface area (Å²) >= 11 is 0. The molecule has 2 N–H and O–H groups in total. The van der Waals surface area contributed by atoms with Crippen LogP contribution in [-0.2, 0) is 23.9 Å². The van der Waals surface area contributed by atoms with Crippen LogP contribution in [0.4, 0.5) is 5.69 Å². The summed E-state index contributed by atoms with van der Waals surface area (Å²) in [4.78, 5) is 63.0. The Morgan fingerprint density at radius 2 is 1.68 bits per heavy atom. The number of carbonyl (C=O) groups is 4. The molecule has 1 aromatic carbocycles. The fraction of sp³-hybridized carbons (Fsp3) is 0.677. The van der Waals surface area contributed by atoms with Crippen molar-refractivity contribution in [3.05, 3.63) is 35.2 Å². The van der Waals surface area contributed by atoms with Crippen molar-refractivity contribution in [2.75, 3.05) is 12.0 Å². The lowest BCUT2D eigenvalue weighted by Crippen LogP contribution is -2.48. The Hall–Kier alpha value is -3.10.